The Labute approximate surface area is 126 Å². The smallest absolute Gasteiger partial charge is 0.264 e. The standard InChI is InChI=1S/C13H15BrN2O3S/c1-8(2)10-6-4-5-7-11(10)20(17,18)16-13-12(14)9(3)15-19-13/h4-8,16H,1-3H3. The number of hydrogen-bond donors (Lipinski definition) is 1. The van der Waals surface area contributed by atoms with Gasteiger partial charge in [0.1, 0.15) is 4.47 Å². The molecule has 0 aliphatic heterocycles. The van der Waals surface area contributed by atoms with Crippen molar-refractivity contribution in [2.75, 3.05) is 4.72 Å². The van der Waals surface area contributed by atoms with E-state index in [4.69, 9.17) is 4.52 Å². The van der Waals surface area contributed by atoms with Crippen molar-refractivity contribution in [1.29, 1.82) is 0 Å². The summed E-state index contributed by atoms with van der Waals surface area (Å²) in [6.07, 6.45) is 0. The molecule has 0 aliphatic rings. The minimum absolute atomic E-state index is 0.0843. The first-order valence-corrected chi connectivity index (χ1v) is 8.34. The quantitative estimate of drug-likeness (QED) is 0.904. The highest BCUT2D eigenvalue weighted by Crippen LogP contribution is 2.30. The molecule has 7 heteroatoms. The first-order valence-electron chi connectivity index (χ1n) is 6.06. The maximum atomic E-state index is 12.5. The van der Waals surface area contributed by atoms with Crippen molar-refractivity contribution in [2.45, 2.75) is 31.6 Å². The summed E-state index contributed by atoms with van der Waals surface area (Å²) in [5.41, 5.74) is 1.34. The molecule has 0 saturated carbocycles. The minimum Gasteiger partial charge on any atom is -0.336 e. The van der Waals surface area contributed by atoms with E-state index in [0.29, 0.717) is 10.2 Å². The lowest BCUT2D eigenvalue weighted by molar-refractivity contribution is 0.430. The lowest BCUT2D eigenvalue weighted by atomic mass is 10.0. The Balaban J connectivity index is 2.44. The summed E-state index contributed by atoms with van der Waals surface area (Å²) >= 11 is 3.24. The molecule has 1 aromatic carbocycles. The highest BCUT2D eigenvalue weighted by Gasteiger charge is 2.23. The molecule has 1 heterocycles. The van der Waals surface area contributed by atoms with E-state index < -0.39 is 10.0 Å². The fraction of sp³-hybridized carbons (Fsp3) is 0.308. The minimum atomic E-state index is -3.71. The van der Waals surface area contributed by atoms with Gasteiger partial charge < -0.3 is 4.52 Å². The maximum Gasteiger partial charge on any atom is 0.264 e. The van der Waals surface area contributed by atoms with E-state index in [0.717, 1.165) is 5.56 Å². The van der Waals surface area contributed by atoms with Crippen molar-refractivity contribution in [1.82, 2.24) is 5.16 Å². The number of nitrogens with one attached hydrogen (secondary N) is 1. The molecule has 0 unspecified atom stereocenters. The van der Waals surface area contributed by atoms with Crippen molar-refractivity contribution < 1.29 is 12.9 Å². The molecule has 1 aromatic heterocycles. The highest BCUT2D eigenvalue weighted by molar-refractivity contribution is 9.10. The number of sulfonamides is 1. The van der Waals surface area contributed by atoms with Crippen LogP contribution in [0.2, 0.25) is 0 Å². The average Bonchev–Trinajstić information content (AvgIpc) is 2.70. The van der Waals surface area contributed by atoms with Gasteiger partial charge in [-0.3, -0.25) is 0 Å². The van der Waals surface area contributed by atoms with Crippen LogP contribution in [0, 0.1) is 6.92 Å². The predicted molar refractivity (Wildman–Crippen MR) is 80.3 cm³/mol. The number of rotatable bonds is 4. The molecule has 0 spiro atoms. The number of aromatic nitrogens is 1. The van der Waals surface area contributed by atoms with E-state index in [1.54, 1.807) is 25.1 Å². The molecule has 0 saturated heterocycles. The van der Waals surface area contributed by atoms with Crippen LogP contribution < -0.4 is 4.72 Å². The second kappa shape index (κ2) is 5.57. The van der Waals surface area contributed by atoms with Crippen LogP contribution in [0.3, 0.4) is 0 Å². The lowest BCUT2D eigenvalue weighted by Crippen LogP contribution is -2.15. The van der Waals surface area contributed by atoms with Crippen LogP contribution in [0.25, 0.3) is 0 Å². The Morgan fingerprint density at radius 3 is 2.50 bits per heavy atom. The number of halogens is 1. The normalized spacial score (nSPS) is 11.8. The van der Waals surface area contributed by atoms with Crippen LogP contribution in [-0.2, 0) is 10.0 Å². The molecule has 108 valence electrons. The number of nitrogens with zero attached hydrogens (tertiary/aromatic N) is 1. The van der Waals surface area contributed by atoms with Crippen molar-refractivity contribution in [2.24, 2.45) is 0 Å². The molecule has 2 rings (SSSR count). The van der Waals surface area contributed by atoms with Crippen LogP contribution in [0.1, 0.15) is 31.0 Å². The van der Waals surface area contributed by atoms with Crippen molar-refractivity contribution >= 4 is 31.8 Å². The van der Waals surface area contributed by atoms with Crippen LogP contribution in [-0.4, -0.2) is 13.6 Å². The molecule has 1 N–H and O–H groups in total. The molecule has 0 radical (unpaired) electrons. The molecule has 0 atom stereocenters. The van der Waals surface area contributed by atoms with E-state index >= 15 is 0 Å². The number of benzene rings is 1. The summed E-state index contributed by atoms with van der Waals surface area (Å²) in [5, 5.41) is 3.70. The zero-order valence-electron chi connectivity index (χ0n) is 11.3. The molecule has 0 fully saturated rings. The summed E-state index contributed by atoms with van der Waals surface area (Å²) in [5.74, 6) is 0.184. The molecule has 2 aromatic rings. The maximum absolute atomic E-state index is 12.5. The number of anilines is 1. The highest BCUT2D eigenvalue weighted by atomic mass is 79.9. The monoisotopic (exact) mass is 358 g/mol. The summed E-state index contributed by atoms with van der Waals surface area (Å²) in [7, 11) is -3.71. The predicted octanol–water partition coefficient (Wildman–Crippen LogP) is 3.67. The van der Waals surface area contributed by atoms with E-state index in [-0.39, 0.29) is 16.7 Å². The fourth-order valence-corrected chi connectivity index (χ4v) is 3.54. The van der Waals surface area contributed by atoms with Crippen LogP contribution in [0.5, 0.6) is 0 Å². The molecular weight excluding hydrogens is 344 g/mol. The largest absolute Gasteiger partial charge is 0.336 e. The second-order valence-corrected chi connectivity index (χ2v) is 7.15. The summed E-state index contributed by atoms with van der Waals surface area (Å²) in [6.45, 7) is 5.61. The summed E-state index contributed by atoms with van der Waals surface area (Å²) in [4.78, 5) is 0.246. The topological polar surface area (TPSA) is 72.2 Å². The van der Waals surface area contributed by atoms with Crippen molar-refractivity contribution in [3.05, 3.63) is 40.0 Å². The fourth-order valence-electron chi connectivity index (χ4n) is 1.80. The van der Waals surface area contributed by atoms with Gasteiger partial charge >= 0.3 is 0 Å². The summed E-state index contributed by atoms with van der Waals surface area (Å²) in [6, 6.07) is 6.90. The SMILES string of the molecule is Cc1noc(NS(=O)(=O)c2ccccc2C(C)C)c1Br. The number of hydrogen-bond acceptors (Lipinski definition) is 4. The Bertz CT molecular complexity index is 723. The first-order chi connectivity index (χ1) is 9.33. The van der Waals surface area contributed by atoms with E-state index in [9.17, 15) is 8.42 Å². The second-order valence-electron chi connectivity index (χ2n) is 4.71. The third-order valence-corrected chi connectivity index (χ3v) is 5.19. The molecule has 0 aliphatic carbocycles. The molecule has 0 amide bonds. The van der Waals surface area contributed by atoms with Gasteiger partial charge in [-0.2, -0.15) is 0 Å². The van der Waals surface area contributed by atoms with E-state index in [1.807, 2.05) is 19.9 Å². The van der Waals surface area contributed by atoms with Gasteiger partial charge in [-0.25, -0.2) is 13.1 Å². The Hall–Kier alpha value is -1.34. The van der Waals surface area contributed by atoms with Gasteiger partial charge in [-0.1, -0.05) is 37.2 Å². The Kier molecular flexibility index (Phi) is 4.19. The summed E-state index contributed by atoms with van der Waals surface area (Å²) < 4.78 is 32.8. The van der Waals surface area contributed by atoms with E-state index in [1.165, 1.54) is 0 Å². The van der Waals surface area contributed by atoms with Crippen LogP contribution in [0.15, 0.2) is 38.2 Å². The Morgan fingerprint density at radius 2 is 1.95 bits per heavy atom. The van der Waals surface area contributed by atoms with Gasteiger partial charge in [-0.15, -0.1) is 0 Å². The Morgan fingerprint density at radius 1 is 1.30 bits per heavy atom. The van der Waals surface area contributed by atoms with Gasteiger partial charge in [0, 0.05) is 0 Å². The average molecular weight is 359 g/mol. The van der Waals surface area contributed by atoms with Gasteiger partial charge in [0.05, 0.1) is 10.6 Å². The molecular formula is C13H15BrN2O3S. The van der Waals surface area contributed by atoms with Crippen molar-refractivity contribution in [3.8, 4) is 0 Å². The van der Waals surface area contributed by atoms with Gasteiger partial charge in [-0.05, 0) is 40.4 Å². The van der Waals surface area contributed by atoms with Crippen LogP contribution >= 0.6 is 15.9 Å². The van der Waals surface area contributed by atoms with Crippen molar-refractivity contribution in [3.63, 3.8) is 0 Å². The first kappa shape index (κ1) is 15.1. The van der Waals surface area contributed by atoms with Gasteiger partial charge in [0.25, 0.3) is 15.9 Å². The third-order valence-electron chi connectivity index (χ3n) is 2.85. The van der Waals surface area contributed by atoms with Gasteiger partial charge in [0.15, 0.2) is 0 Å². The zero-order chi connectivity index (χ0) is 14.9. The van der Waals surface area contributed by atoms with E-state index in [2.05, 4.69) is 25.8 Å². The molecule has 20 heavy (non-hydrogen) atoms. The molecule has 5 nitrogen and oxygen atoms in total. The third kappa shape index (κ3) is 2.88. The zero-order valence-corrected chi connectivity index (χ0v) is 13.7. The lowest BCUT2D eigenvalue weighted by Gasteiger charge is -2.13. The number of aryl methyl sites for hydroxylation is 1. The van der Waals surface area contributed by atoms with Crippen LogP contribution in [0.4, 0.5) is 5.88 Å². The molecule has 0 bridgehead atoms. The van der Waals surface area contributed by atoms with Gasteiger partial charge in [0.2, 0.25) is 0 Å².